The maximum Gasteiger partial charge on any atom is 0.261 e. The van der Waals surface area contributed by atoms with Crippen LogP contribution >= 0.6 is 11.3 Å². The van der Waals surface area contributed by atoms with Crippen molar-refractivity contribution < 1.29 is 18.3 Å². The lowest BCUT2D eigenvalue weighted by molar-refractivity contribution is -0.114. The summed E-state index contributed by atoms with van der Waals surface area (Å²) in [6.45, 7) is 4.47. The molecule has 8 nitrogen and oxygen atoms in total. The highest BCUT2D eigenvalue weighted by Gasteiger charge is 2.32. The van der Waals surface area contributed by atoms with E-state index >= 15 is 0 Å². The largest absolute Gasteiger partial charge is 0.470 e. The first-order valence-corrected chi connectivity index (χ1v) is 9.33. The van der Waals surface area contributed by atoms with Crippen LogP contribution in [0.25, 0.3) is 11.1 Å². The van der Waals surface area contributed by atoms with Crippen molar-refractivity contribution in [3.8, 4) is 5.88 Å². The molecule has 3 aromatic rings. The number of aromatic nitrogens is 3. The Morgan fingerprint density at radius 1 is 1.52 bits per heavy atom. The average Bonchev–Trinajstić information content (AvgIpc) is 3.29. The number of halogens is 1. The predicted molar refractivity (Wildman–Crippen MR) is 97.1 cm³/mol. The molecule has 10 heteroatoms. The molecule has 27 heavy (non-hydrogen) atoms. The van der Waals surface area contributed by atoms with E-state index < -0.39 is 5.95 Å². The molecule has 0 aliphatic carbocycles. The van der Waals surface area contributed by atoms with Gasteiger partial charge in [0, 0.05) is 38.5 Å². The Morgan fingerprint density at radius 2 is 2.37 bits per heavy atom. The lowest BCUT2D eigenvalue weighted by Crippen LogP contribution is -2.28. The number of nitrogens with zero attached hydrogens (tertiary/aromatic N) is 4. The highest BCUT2D eigenvalue weighted by molar-refractivity contribution is 7.15. The number of rotatable bonds is 5. The number of furan rings is 1. The molecule has 1 saturated heterocycles. The molecule has 0 bridgehead atoms. The van der Waals surface area contributed by atoms with Gasteiger partial charge >= 0.3 is 0 Å². The fourth-order valence-corrected chi connectivity index (χ4v) is 4.09. The summed E-state index contributed by atoms with van der Waals surface area (Å²) in [6, 6.07) is 1.96. The SMILES string of the molecule is CC(=O)Nc1nc(F)c(CN2C[C@H](Oc3ncnc4ccoc34)C[C@@H]2C)s1. The van der Waals surface area contributed by atoms with Crippen molar-refractivity contribution in [2.24, 2.45) is 0 Å². The van der Waals surface area contributed by atoms with Crippen LogP contribution < -0.4 is 10.1 Å². The van der Waals surface area contributed by atoms with Crippen LogP contribution in [0.1, 0.15) is 25.1 Å². The summed E-state index contributed by atoms with van der Waals surface area (Å²) in [5, 5.41) is 2.79. The molecule has 0 unspecified atom stereocenters. The standard InChI is InChI=1S/C17H18FN5O3S/c1-9-5-11(26-16-14-12(3-4-25-14)19-8-20-16)6-23(9)7-13-15(18)22-17(27-13)21-10(2)24/h3-4,8-9,11H,5-7H2,1-2H3,(H,21,22,24)/t9-,11+/m0/s1. The molecular formula is C17H18FN5O3S. The van der Waals surface area contributed by atoms with Crippen molar-refractivity contribution in [3.05, 3.63) is 29.5 Å². The van der Waals surface area contributed by atoms with Crippen LogP contribution in [0, 0.1) is 5.95 Å². The zero-order valence-electron chi connectivity index (χ0n) is 14.8. The summed E-state index contributed by atoms with van der Waals surface area (Å²) < 4.78 is 25.5. The molecule has 4 rings (SSSR count). The number of nitrogens with one attached hydrogen (secondary N) is 1. The Kier molecular flexibility index (Phi) is 4.75. The lowest BCUT2D eigenvalue weighted by atomic mass is 10.2. The second kappa shape index (κ2) is 7.20. The molecule has 142 valence electrons. The molecule has 1 aliphatic rings. The smallest absolute Gasteiger partial charge is 0.261 e. The first-order chi connectivity index (χ1) is 13.0. The van der Waals surface area contributed by atoms with Crippen molar-refractivity contribution in [3.63, 3.8) is 0 Å². The third-order valence-electron chi connectivity index (χ3n) is 4.43. The molecular weight excluding hydrogens is 373 g/mol. The summed E-state index contributed by atoms with van der Waals surface area (Å²) in [4.78, 5) is 25.8. The van der Waals surface area contributed by atoms with Gasteiger partial charge in [-0.1, -0.05) is 11.3 Å². The van der Waals surface area contributed by atoms with Crippen LogP contribution in [0.2, 0.25) is 0 Å². The van der Waals surface area contributed by atoms with E-state index in [4.69, 9.17) is 9.15 Å². The first kappa shape index (κ1) is 17.8. The highest BCUT2D eigenvalue weighted by atomic mass is 32.1. The number of ether oxygens (including phenoxy) is 1. The lowest BCUT2D eigenvalue weighted by Gasteiger charge is -2.19. The van der Waals surface area contributed by atoms with Crippen molar-refractivity contribution in [2.75, 3.05) is 11.9 Å². The molecule has 0 spiro atoms. The number of hydrogen-bond donors (Lipinski definition) is 1. The van der Waals surface area contributed by atoms with E-state index in [1.54, 1.807) is 12.3 Å². The molecule has 0 aromatic carbocycles. The van der Waals surface area contributed by atoms with E-state index in [9.17, 15) is 9.18 Å². The number of thiazole rings is 1. The molecule has 4 heterocycles. The summed E-state index contributed by atoms with van der Waals surface area (Å²) in [5.41, 5.74) is 1.22. The van der Waals surface area contributed by atoms with Gasteiger partial charge in [0.2, 0.25) is 17.4 Å². The average molecular weight is 391 g/mol. The highest BCUT2D eigenvalue weighted by Crippen LogP contribution is 2.30. The Balaban J connectivity index is 1.43. The van der Waals surface area contributed by atoms with Crippen LogP contribution in [0.15, 0.2) is 23.1 Å². The number of carbonyl (C=O) groups excluding carboxylic acids is 1. The van der Waals surface area contributed by atoms with Gasteiger partial charge in [0.1, 0.15) is 17.9 Å². The number of amides is 1. The number of anilines is 1. The fraction of sp³-hybridized carbons (Fsp3) is 0.412. The molecule has 0 saturated carbocycles. The van der Waals surface area contributed by atoms with E-state index in [1.807, 2.05) is 0 Å². The van der Waals surface area contributed by atoms with E-state index in [-0.39, 0.29) is 23.2 Å². The van der Waals surface area contributed by atoms with Crippen molar-refractivity contribution in [1.29, 1.82) is 0 Å². The summed E-state index contributed by atoms with van der Waals surface area (Å²) in [7, 11) is 0. The predicted octanol–water partition coefficient (Wildman–Crippen LogP) is 2.82. The Hall–Kier alpha value is -2.59. The molecule has 1 amide bonds. The Labute approximate surface area is 158 Å². The molecule has 0 radical (unpaired) electrons. The zero-order valence-corrected chi connectivity index (χ0v) is 15.6. The third kappa shape index (κ3) is 3.76. The van der Waals surface area contributed by atoms with E-state index in [1.165, 1.54) is 13.3 Å². The number of fused-ring (bicyclic) bond motifs is 1. The van der Waals surface area contributed by atoms with Gasteiger partial charge in [0.15, 0.2) is 5.13 Å². The Bertz CT molecular complexity index is 975. The van der Waals surface area contributed by atoms with E-state index in [0.29, 0.717) is 34.9 Å². The maximum atomic E-state index is 14.1. The summed E-state index contributed by atoms with van der Waals surface area (Å²) in [5.74, 6) is -0.401. The van der Waals surface area contributed by atoms with Gasteiger partial charge < -0.3 is 14.5 Å². The number of carbonyl (C=O) groups is 1. The minimum absolute atomic E-state index is 0.0889. The fourth-order valence-electron chi connectivity index (χ4n) is 3.18. The molecule has 1 aliphatic heterocycles. The molecule has 1 fully saturated rings. The van der Waals surface area contributed by atoms with Gasteiger partial charge in [-0.3, -0.25) is 9.69 Å². The first-order valence-electron chi connectivity index (χ1n) is 8.51. The van der Waals surface area contributed by atoms with Crippen molar-refractivity contribution >= 4 is 33.5 Å². The van der Waals surface area contributed by atoms with E-state index in [2.05, 4.69) is 32.1 Å². The summed E-state index contributed by atoms with van der Waals surface area (Å²) >= 11 is 1.15. The maximum absolute atomic E-state index is 14.1. The van der Waals surface area contributed by atoms with Crippen LogP contribution in [-0.4, -0.2) is 44.4 Å². The second-order valence-corrected chi connectivity index (χ2v) is 7.57. The molecule has 1 N–H and O–H groups in total. The number of hydrogen-bond acceptors (Lipinski definition) is 8. The minimum Gasteiger partial charge on any atom is -0.470 e. The van der Waals surface area contributed by atoms with Crippen LogP contribution in [0.4, 0.5) is 9.52 Å². The number of likely N-dealkylation sites (tertiary alicyclic amines) is 1. The van der Waals surface area contributed by atoms with Crippen molar-refractivity contribution in [1.82, 2.24) is 19.9 Å². The second-order valence-electron chi connectivity index (χ2n) is 6.48. The summed E-state index contributed by atoms with van der Waals surface area (Å²) in [6.07, 6.45) is 3.69. The van der Waals surface area contributed by atoms with Gasteiger partial charge in [-0.2, -0.15) is 14.4 Å². The molecule has 3 aromatic heterocycles. The van der Waals surface area contributed by atoms with Gasteiger partial charge in [-0.25, -0.2) is 4.98 Å². The van der Waals surface area contributed by atoms with Crippen LogP contribution in [-0.2, 0) is 11.3 Å². The third-order valence-corrected chi connectivity index (χ3v) is 5.36. The van der Waals surface area contributed by atoms with Crippen LogP contribution in [0.5, 0.6) is 5.88 Å². The van der Waals surface area contributed by atoms with Gasteiger partial charge in [-0.15, -0.1) is 0 Å². The molecule has 2 atom stereocenters. The zero-order chi connectivity index (χ0) is 19.0. The van der Waals surface area contributed by atoms with Crippen molar-refractivity contribution in [2.45, 2.75) is 39.0 Å². The van der Waals surface area contributed by atoms with Gasteiger partial charge in [0.05, 0.1) is 11.1 Å². The van der Waals surface area contributed by atoms with Gasteiger partial charge in [-0.05, 0) is 6.92 Å². The minimum atomic E-state index is -0.548. The van der Waals surface area contributed by atoms with Gasteiger partial charge in [0.25, 0.3) is 5.88 Å². The monoisotopic (exact) mass is 391 g/mol. The van der Waals surface area contributed by atoms with E-state index in [0.717, 1.165) is 17.8 Å². The quantitative estimate of drug-likeness (QED) is 0.715. The topological polar surface area (TPSA) is 93.4 Å². The van der Waals surface area contributed by atoms with Crippen LogP contribution in [0.3, 0.4) is 0 Å². The normalized spacial score (nSPS) is 20.3. The Morgan fingerprint density at radius 3 is 3.19 bits per heavy atom.